The van der Waals surface area contributed by atoms with Crippen molar-refractivity contribution in [3.63, 3.8) is 0 Å². The molecule has 0 amide bonds. The zero-order valence-corrected chi connectivity index (χ0v) is 15.8. The third-order valence-corrected chi connectivity index (χ3v) is 6.90. The van der Waals surface area contributed by atoms with Crippen molar-refractivity contribution >= 4 is 27.5 Å². The molecule has 0 saturated heterocycles. The molecule has 1 aliphatic carbocycles. The van der Waals surface area contributed by atoms with Crippen molar-refractivity contribution in [2.75, 3.05) is 11.4 Å². The summed E-state index contributed by atoms with van der Waals surface area (Å²) in [6.45, 7) is 3.38. The highest BCUT2D eigenvalue weighted by Crippen LogP contribution is 2.40. The number of aromatic nitrogens is 2. The Labute approximate surface area is 156 Å². The minimum atomic E-state index is -1.31. The number of imidazole rings is 1. The van der Waals surface area contributed by atoms with Crippen LogP contribution in [-0.4, -0.2) is 26.8 Å². The summed E-state index contributed by atoms with van der Waals surface area (Å²) in [5, 5.41) is 0.546. The molecular formula is C21H23N3OS. The number of fused-ring (bicyclic) bond motifs is 2. The number of aryl methyl sites for hydroxylation is 1. The van der Waals surface area contributed by atoms with Gasteiger partial charge in [0, 0.05) is 12.6 Å². The minimum Gasteiger partial charge on any atom is -0.367 e. The number of H-pyrrole nitrogens is 1. The van der Waals surface area contributed by atoms with Crippen LogP contribution in [0, 0.1) is 5.92 Å². The summed E-state index contributed by atoms with van der Waals surface area (Å²) in [4.78, 5) is 11.2. The molecule has 4 nitrogen and oxygen atoms in total. The first kappa shape index (κ1) is 16.1. The van der Waals surface area contributed by atoms with Gasteiger partial charge < -0.3 is 9.88 Å². The molecule has 134 valence electrons. The van der Waals surface area contributed by atoms with Crippen molar-refractivity contribution in [2.45, 2.75) is 48.7 Å². The Balaban J connectivity index is 1.59. The highest BCUT2D eigenvalue weighted by Gasteiger charge is 2.33. The lowest BCUT2D eigenvalue weighted by molar-refractivity contribution is 0.541. The van der Waals surface area contributed by atoms with Crippen LogP contribution in [-0.2, 0) is 17.2 Å². The zero-order chi connectivity index (χ0) is 17.7. The smallest absolute Gasteiger partial charge is 0.202 e. The number of nitrogens with zero attached hydrogens (tertiary/aromatic N) is 2. The van der Waals surface area contributed by atoms with Gasteiger partial charge >= 0.3 is 0 Å². The quantitative estimate of drug-likeness (QED) is 0.751. The van der Waals surface area contributed by atoms with E-state index in [1.165, 1.54) is 30.5 Å². The molecule has 2 unspecified atom stereocenters. The SMILES string of the molecule is CC1CCc2cccc(S(=O)c3nc4ccccc4[nH]3)c2N1CC1CC1. The monoisotopic (exact) mass is 365 g/mol. The molecule has 0 radical (unpaired) electrons. The maximum absolute atomic E-state index is 13.4. The van der Waals surface area contributed by atoms with Gasteiger partial charge in [-0.3, -0.25) is 0 Å². The molecule has 1 N–H and O–H groups in total. The summed E-state index contributed by atoms with van der Waals surface area (Å²) in [5.74, 6) is 0.802. The Morgan fingerprint density at radius 1 is 1.15 bits per heavy atom. The van der Waals surface area contributed by atoms with Crippen molar-refractivity contribution in [3.8, 4) is 0 Å². The topological polar surface area (TPSA) is 49.0 Å². The summed E-state index contributed by atoms with van der Waals surface area (Å²) < 4.78 is 13.4. The van der Waals surface area contributed by atoms with E-state index in [0.29, 0.717) is 11.2 Å². The summed E-state index contributed by atoms with van der Waals surface area (Å²) >= 11 is 0. The van der Waals surface area contributed by atoms with Crippen LogP contribution in [0.2, 0.25) is 0 Å². The van der Waals surface area contributed by atoms with E-state index < -0.39 is 10.8 Å². The second kappa shape index (κ2) is 6.23. The second-order valence-electron chi connectivity index (χ2n) is 7.58. The highest BCUT2D eigenvalue weighted by molar-refractivity contribution is 7.85. The van der Waals surface area contributed by atoms with E-state index in [1.54, 1.807) is 0 Å². The second-order valence-corrected chi connectivity index (χ2v) is 8.94. The molecule has 2 heterocycles. The van der Waals surface area contributed by atoms with Gasteiger partial charge in [-0.25, -0.2) is 9.19 Å². The van der Waals surface area contributed by atoms with Gasteiger partial charge in [0.05, 0.1) is 21.6 Å². The first-order valence-electron chi connectivity index (χ1n) is 9.46. The van der Waals surface area contributed by atoms with Crippen molar-refractivity contribution in [1.82, 2.24) is 9.97 Å². The molecule has 2 atom stereocenters. The summed E-state index contributed by atoms with van der Waals surface area (Å²) in [6, 6.07) is 14.6. The van der Waals surface area contributed by atoms with E-state index in [1.807, 2.05) is 36.4 Å². The molecule has 1 aromatic heterocycles. The van der Waals surface area contributed by atoms with Crippen molar-refractivity contribution in [2.24, 2.45) is 5.92 Å². The Hall–Kier alpha value is -2.14. The predicted molar refractivity (Wildman–Crippen MR) is 105 cm³/mol. The van der Waals surface area contributed by atoms with Gasteiger partial charge in [-0.15, -0.1) is 0 Å². The summed E-state index contributed by atoms with van der Waals surface area (Å²) in [7, 11) is -1.31. The number of para-hydroxylation sites is 3. The van der Waals surface area contributed by atoms with Crippen molar-refractivity contribution in [1.29, 1.82) is 0 Å². The largest absolute Gasteiger partial charge is 0.367 e. The van der Waals surface area contributed by atoms with E-state index in [9.17, 15) is 4.21 Å². The van der Waals surface area contributed by atoms with E-state index in [0.717, 1.165) is 34.8 Å². The van der Waals surface area contributed by atoms with E-state index in [2.05, 4.69) is 27.9 Å². The van der Waals surface area contributed by atoms with Crippen LogP contribution in [0.15, 0.2) is 52.5 Å². The summed E-state index contributed by atoms with van der Waals surface area (Å²) in [6.07, 6.45) is 4.88. The van der Waals surface area contributed by atoms with Crippen LogP contribution in [0.25, 0.3) is 11.0 Å². The molecule has 1 fully saturated rings. The summed E-state index contributed by atoms with van der Waals surface area (Å²) in [5.41, 5.74) is 4.32. The Bertz CT molecular complexity index is 959. The average molecular weight is 366 g/mol. The van der Waals surface area contributed by atoms with Crippen LogP contribution < -0.4 is 4.90 Å². The van der Waals surface area contributed by atoms with Crippen LogP contribution >= 0.6 is 0 Å². The molecule has 1 saturated carbocycles. The average Bonchev–Trinajstić information content (AvgIpc) is 3.38. The number of nitrogens with one attached hydrogen (secondary N) is 1. The first-order chi connectivity index (χ1) is 12.7. The molecule has 26 heavy (non-hydrogen) atoms. The molecule has 5 heteroatoms. The Morgan fingerprint density at radius 3 is 2.81 bits per heavy atom. The van der Waals surface area contributed by atoms with Crippen molar-refractivity contribution in [3.05, 3.63) is 48.0 Å². The van der Waals surface area contributed by atoms with Gasteiger partial charge in [-0.05, 0) is 62.3 Å². The van der Waals surface area contributed by atoms with Crippen molar-refractivity contribution < 1.29 is 4.21 Å². The first-order valence-corrected chi connectivity index (χ1v) is 10.6. The molecule has 0 spiro atoms. The molecule has 1 aliphatic heterocycles. The fourth-order valence-electron chi connectivity index (χ4n) is 3.96. The van der Waals surface area contributed by atoms with Crippen LogP contribution in [0.3, 0.4) is 0 Å². The minimum absolute atomic E-state index is 0.497. The highest BCUT2D eigenvalue weighted by atomic mass is 32.2. The van der Waals surface area contributed by atoms with Crippen LogP contribution in [0.5, 0.6) is 0 Å². The van der Waals surface area contributed by atoms with Gasteiger partial charge in [0.25, 0.3) is 0 Å². The number of hydrogen-bond acceptors (Lipinski definition) is 3. The van der Waals surface area contributed by atoms with Gasteiger partial charge in [0.1, 0.15) is 10.8 Å². The van der Waals surface area contributed by atoms with Gasteiger partial charge in [-0.2, -0.15) is 0 Å². The fourth-order valence-corrected chi connectivity index (χ4v) is 5.18. The lowest BCUT2D eigenvalue weighted by atomic mass is 9.96. The van der Waals surface area contributed by atoms with Gasteiger partial charge in [-0.1, -0.05) is 24.3 Å². The van der Waals surface area contributed by atoms with Gasteiger partial charge in [0.15, 0.2) is 0 Å². The van der Waals surface area contributed by atoms with E-state index in [4.69, 9.17) is 0 Å². The fraction of sp³-hybridized carbons (Fsp3) is 0.381. The molecule has 2 aromatic carbocycles. The molecule has 5 rings (SSSR count). The molecular weight excluding hydrogens is 342 g/mol. The lowest BCUT2D eigenvalue weighted by Crippen LogP contribution is -2.39. The standard InChI is InChI=1S/C21H23N3OS/c1-14-9-12-16-5-4-8-19(20(16)24(14)13-15-10-11-15)26(25)21-22-17-6-2-3-7-18(17)23-21/h2-8,14-15H,9-13H2,1H3,(H,22,23). The zero-order valence-electron chi connectivity index (χ0n) is 14.9. The van der Waals surface area contributed by atoms with E-state index in [-0.39, 0.29) is 0 Å². The lowest BCUT2D eigenvalue weighted by Gasteiger charge is -2.38. The van der Waals surface area contributed by atoms with Crippen LogP contribution in [0.4, 0.5) is 5.69 Å². The molecule has 3 aromatic rings. The number of aromatic amines is 1. The third kappa shape index (κ3) is 2.75. The van der Waals surface area contributed by atoms with E-state index >= 15 is 0 Å². The Morgan fingerprint density at radius 2 is 2.00 bits per heavy atom. The maximum atomic E-state index is 13.4. The number of hydrogen-bond donors (Lipinski definition) is 1. The molecule has 0 bridgehead atoms. The predicted octanol–water partition coefficient (Wildman–Crippen LogP) is 4.28. The molecule has 2 aliphatic rings. The van der Waals surface area contributed by atoms with Crippen LogP contribution in [0.1, 0.15) is 31.7 Å². The normalized spacial score (nSPS) is 21.0. The number of benzene rings is 2. The van der Waals surface area contributed by atoms with Gasteiger partial charge in [0.2, 0.25) is 5.16 Å². The number of anilines is 1. The third-order valence-electron chi connectivity index (χ3n) is 5.63. The Kier molecular flexibility index (Phi) is 3.85. The number of rotatable bonds is 4. The maximum Gasteiger partial charge on any atom is 0.202 e.